The standard InChI is InChI=1S/C16H18N2O4/c1-3-22-12-6-4-9(2)14-10(12)8-18(16(14)21)11-5-7-13(19)17-15(11)20/h4,6,11H,3,5,7-8H2,1-2H3,(H,17,19,20). The molecular weight excluding hydrogens is 284 g/mol. The summed E-state index contributed by atoms with van der Waals surface area (Å²) in [6.45, 7) is 4.63. The molecule has 0 spiro atoms. The fourth-order valence-corrected chi connectivity index (χ4v) is 3.11. The highest BCUT2D eigenvalue weighted by Crippen LogP contribution is 2.35. The maximum absolute atomic E-state index is 12.7. The Morgan fingerprint density at radius 2 is 2.09 bits per heavy atom. The van der Waals surface area contributed by atoms with E-state index in [9.17, 15) is 14.4 Å². The monoisotopic (exact) mass is 302 g/mol. The van der Waals surface area contributed by atoms with Crippen LogP contribution in [0, 0.1) is 6.92 Å². The molecule has 1 saturated heterocycles. The van der Waals surface area contributed by atoms with Gasteiger partial charge in [-0.15, -0.1) is 0 Å². The zero-order valence-corrected chi connectivity index (χ0v) is 12.6. The molecule has 0 bridgehead atoms. The number of benzene rings is 1. The smallest absolute Gasteiger partial charge is 0.255 e. The largest absolute Gasteiger partial charge is 0.494 e. The topological polar surface area (TPSA) is 75.7 Å². The lowest BCUT2D eigenvalue weighted by molar-refractivity contribution is -0.136. The average Bonchev–Trinajstić information content (AvgIpc) is 2.81. The minimum atomic E-state index is -0.591. The number of hydrogen-bond acceptors (Lipinski definition) is 4. The lowest BCUT2D eigenvalue weighted by Gasteiger charge is -2.29. The van der Waals surface area contributed by atoms with Crippen LogP contribution in [-0.4, -0.2) is 35.3 Å². The second-order valence-electron chi connectivity index (χ2n) is 5.57. The summed E-state index contributed by atoms with van der Waals surface area (Å²) in [4.78, 5) is 37.5. The van der Waals surface area contributed by atoms with Crippen molar-refractivity contribution in [2.24, 2.45) is 0 Å². The van der Waals surface area contributed by atoms with Crippen molar-refractivity contribution in [3.05, 3.63) is 28.8 Å². The van der Waals surface area contributed by atoms with Gasteiger partial charge in [0, 0.05) is 12.0 Å². The van der Waals surface area contributed by atoms with Crippen LogP contribution in [0.4, 0.5) is 0 Å². The molecule has 2 heterocycles. The highest BCUT2D eigenvalue weighted by Gasteiger charge is 2.40. The second kappa shape index (κ2) is 5.44. The first-order chi connectivity index (χ1) is 10.5. The van der Waals surface area contributed by atoms with E-state index in [2.05, 4.69) is 5.32 Å². The molecule has 0 saturated carbocycles. The normalized spacial score (nSPS) is 20.9. The molecule has 1 aromatic carbocycles. The zero-order valence-electron chi connectivity index (χ0n) is 12.6. The number of nitrogens with one attached hydrogen (secondary N) is 1. The van der Waals surface area contributed by atoms with Crippen molar-refractivity contribution in [2.45, 2.75) is 39.3 Å². The summed E-state index contributed by atoms with van der Waals surface area (Å²) in [5, 5.41) is 2.30. The third kappa shape index (κ3) is 2.24. The number of fused-ring (bicyclic) bond motifs is 1. The number of carbonyl (C=O) groups is 3. The van der Waals surface area contributed by atoms with Crippen molar-refractivity contribution in [1.29, 1.82) is 0 Å². The van der Waals surface area contributed by atoms with Gasteiger partial charge in [-0.05, 0) is 31.9 Å². The van der Waals surface area contributed by atoms with Crippen LogP contribution in [-0.2, 0) is 16.1 Å². The van der Waals surface area contributed by atoms with Crippen molar-refractivity contribution >= 4 is 17.7 Å². The van der Waals surface area contributed by atoms with Crippen LogP contribution in [0.1, 0.15) is 41.3 Å². The number of nitrogens with zero attached hydrogens (tertiary/aromatic N) is 1. The molecule has 3 amide bonds. The highest BCUT2D eigenvalue weighted by molar-refractivity contribution is 6.06. The molecule has 2 aliphatic heterocycles. The van der Waals surface area contributed by atoms with E-state index in [-0.39, 0.29) is 18.2 Å². The van der Waals surface area contributed by atoms with Crippen molar-refractivity contribution in [2.75, 3.05) is 6.61 Å². The molecule has 1 unspecified atom stereocenters. The van der Waals surface area contributed by atoms with E-state index < -0.39 is 11.9 Å². The van der Waals surface area contributed by atoms with Gasteiger partial charge < -0.3 is 9.64 Å². The first kappa shape index (κ1) is 14.6. The molecule has 1 aromatic rings. The van der Waals surface area contributed by atoms with E-state index in [1.165, 1.54) is 0 Å². The van der Waals surface area contributed by atoms with Gasteiger partial charge in [0.2, 0.25) is 11.8 Å². The molecule has 1 fully saturated rings. The Morgan fingerprint density at radius 1 is 1.32 bits per heavy atom. The van der Waals surface area contributed by atoms with Crippen LogP contribution in [0.3, 0.4) is 0 Å². The van der Waals surface area contributed by atoms with E-state index in [0.29, 0.717) is 30.9 Å². The lowest BCUT2D eigenvalue weighted by atomic mass is 10.0. The molecule has 0 radical (unpaired) electrons. The molecule has 2 aliphatic rings. The molecule has 116 valence electrons. The summed E-state index contributed by atoms with van der Waals surface area (Å²) in [5.41, 5.74) is 2.32. The first-order valence-electron chi connectivity index (χ1n) is 7.43. The van der Waals surface area contributed by atoms with Crippen molar-refractivity contribution < 1.29 is 19.1 Å². The number of piperidine rings is 1. The second-order valence-corrected chi connectivity index (χ2v) is 5.57. The molecule has 6 nitrogen and oxygen atoms in total. The third-order valence-corrected chi connectivity index (χ3v) is 4.17. The summed E-state index contributed by atoms with van der Waals surface area (Å²) in [5.74, 6) is -0.153. The number of amides is 3. The van der Waals surface area contributed by atoms with E-state index in [0.717, 1.165) is 11.1 Å². The molecule has 3 rings (SSSR count). The zero-order chi connectivity index (χ0) is 15.9. The van der Waals surface area contributed by atoms with Crippen molar-refractivity contribution in [3.8, 4) is 5.75 Å². The predicted octanol–water partition coefficient (Wildman–Crippen LogP) is 1.15. The Morgan fingerprint density at radius 3 is 2.77 bits per heavy atom. The van der Waals surface area contributed by atoms with Crippen LogP contribution >= 0.6 is 0 Å². The number of hydrogen-bond donors (Lipinski definition) is 1. The van der Waals surface area contributed by atoms with Gasteiger partial charge in [0.1, 0.15) is 11.8 Å². The highest BCUT2D eigenvalue weighted by atomic mass is 16.5. The summed E-state index contributed by atoms with van der Waals surface area (Å²) in [6, 6.07) is 3.13. The van der Waals surface area contributed by atoms with E-state index >= 15 is 0 Å². The Kier molecular flexibility index (Phi) is 3.60. The average molecular weight is 302 g/mol. The maximum atomic E-state index is 12.7. The number of carbonyl (C=O) groups excluding carboxylic acids is 3. The summed E-state index contributed by atoms with van der Waals surface area (Å²) in [6.07, 6.45) is 0.626. The molecule has 1 atom stereocenters. The molecule has 1 N–H and O–H groups in total. The fraction of sp³-hybridized carbons (Fsp3) is 0.438. The van der Waals surface area contributed by atoms with E-state index in [4.69, 9.17) is 4.74 Å². The minimum Gasteiger partial charge on any atom is -0.494 e. The van der Waals surface area contributed by atoms with E-state index in [1.54, 1.807) is 4.90 Å². The van der Waals surface area contributed by atoms with Gasteiger partial charge in [0.25, 0.3) is 5.91 Å². The van der Waals surface area contributed by atoms with Gasteiger partial charge in [-0.1, -0.05) is 6.07 Å². The summed E-state index contributed by atoms with van der Waals surface area (Å²) < 4.78 is 5.60. The Labute approximate surface area is 128 Å². The van der Waals surface area contributed by atoms with Crippen molar-refractivity contribution in [1.82, 2.24) is 10.2 Å². The Balaban J connectivity index is 1.94. The Bertz CT molecular complexity index is 668. The van der Waals surface area contributed by atoms with Crippen molar-refractivity contribution in [3.63, 3.8) is 0 Å². The third-order valence-electron chi connectivity index (χ3n) is 4.17. The molecule has 0 aromatic heterocycles. The molecular formula is C16H18N2O4. The van der Waals surface area contributed by atoms with Crippen LogP contribution in [0.5, 0.6) is 5.75 Å². The van der Waals surface area contributed by atoms with Crippen LogP contribution in [0.2, 0.25) is 0 Å². The lowest BCUT2D eigenvalue weighted by Crippen LogP contribution is -2.52. The van der Waals surface area contributed by atoms with E-state index in [1.807, 2.05) is 26.0 Å². The summed E-state index contributed by atoms with van der Waals surface area (Å²) in [7, 11) is 0. The Hall–Kier alpha value is -2.37. The number of imide groups is 1. The fourth-order valence-electron chi connectivity index (χ4n) is 3.11. The molecule has 22 heavy (non-hydrogen) atoms. The summed E-state index contributed by atoms with van der Waals surface area (Å²) >= 11 is 0. The van der Waals surface area contributed by atoms with Gasteiger partial charge in [-0.3, -0.25) is 19.7 Å². The van der Waals surface area contributed by atoms with Crippen LogP contribution < -0.4 is 10.1 Å². The van der Waals surface area contributed by atoms with Gasteiger partial charge in [0.05, 0.1) is 18.7 Å². The number of rotatable bonds is 3. The minimum absolute atomic E-state index is 0.163. The predicted molar refractivity (Wildman–Crippen MR) is 78.4 cm³/mol. The first-order valence-corrected chi connectivity index (χ1v) is 7.43. The van der Waals surface area contributed by atoms with Gasteiger partial charge in [0.15, 0.2) is 0 Å². The quantitative estimate of drug-likeness (QED) is 0.850. The maximum Gasteiger partial charge on any atom is 0.255 e. The number of ether oxygens (including phenoxy) is 1. The molecule has 0 aliphatic carbocycles. The van der Waals surface area contributed by atoms with Crippen LogP contribution in [0.25, 0.3) is 0 Å². The van der Waals surface area contributed by atoms with Gasteiger partial charge in [-0.2, -0.15) is 0 Å². The SMILES string of the molecule is CCOc1ccc(C)c2c1CN(C1CCC(=O)NC1=O)C2=O. The number of aryl methyl sites for hydroxylation is 1. The van der Waals surface area contributed by atoms with Crippen LogP contribution in [0.15, 0.2) is 12.1 Å². The molecule has 6 heteroatoms. The van der Waals surface area contributed by atoms with Gasteiger partial charge in [-0.25, -0.2) is 0 Å². The van der Waals surface area contributed by atoms with Gasteiger partial charge >= 0.3 is 0 Å².